The maximum Gasteiger partial charge on any atom is 0.253 e. The van der Waals surface area contributed by atoms with Crippen LogP contribution < -0.4 is 0 Å². The van der Waals surface area contributed by atoms with Crippen LogP contribution in [0.1, 0.15) is 55.0 Å². The van der Waals surface area contributed by atoms with Gasteiger partial charge in [0.05, 0.1) is 16.3 Å². The molecule has 0 radical (unpaired) electrons. The summed E-state index contributed by atoms with van der Waals surface area (Å²) in [6, 6.07) is 9.31. The molecule has 2 aromatic carbocycles. The van der Waals surface area contributed by atoms with E-state index in [9.17, 15) is 18.6 Å². The second-order valence-corrected chi connectivity index (χ2v) is 8.69. The summed E-state index contributed by atoms with van der Waals surface area (Å²) >= 11 is 4.29. The summed E-state index contributed by atoms with van der Waals surface area (Å²) in [4.78, 5) is 40.3. The van der Waals surface area contributed by atoms with Gasteiger partial charge in [-0.3, -0.25) is 14.4 Å². The van der Waals surface area contributed by atoms with Crippen molar-refractivity contribution in [3.63, 3.8) is 0 Å². The molecule has 1 saturated heterocycles. The number of halogens is 1. The van der Waals surface area contributed by atoms with Crippen LogP contribution in [0.4, 0.5) is 0 Å². The first-order valence-corrected chi connectivity index (χ1v) is 10.9. The lowest BCUT2D eigenvalue weighted by atomic mass is 9.83. The van der Waals surface area contributed by atoms with Crippen molar-refractivity contribution in [2.45, 2.75) is 12.8 Å². The first-order valence-electron chi connectivity index (χ1n) is 9.25. The molecule has 1 aliphatic heterocycles. The number of nitrogens with zero attached hydrogens (tertiary/aromatic N) is 1. The van der Waals surface area contributed by atoms with Gasteiger partial charge in [0.2, 0.25) is 0 Å². The van der Waals surface area contributed by atoms with Gasteiger partial charge < -0.3 is 9.45 Å². The number of carbonyl (C=O) groups excluding carboxylic acids is 3. The molecule has 0 bridgehead atoms. The van der Waals surface area contributed by atoms with Gasteiger partial charge in [0.1, 0.15) is 0 Å². The maximum absolute atomic E-state index is 12.9. The zero-order valence-electron chi connectivity index (χ0n) is 15.4. The summed E-state index contributed by atoms with van der Waals surface area (Å²) in [6.07, 6.45) is 1.32. The number of hydrogen-bond donors (Lipinski definition) is 1. The van der Waals surface area contributed by atoms with E-state index in [0.717, 1.165) is 0 Å². The standard InChI is InChI=1S/C21H18ClNO5S/c22-17-3-1-2-15-18(17)20(25)14-5-4-13(10-16(14)19(15)24)21(26)23-8-6-12(7-9-23)11-29(27)28/h1-5,10,12H,6-9,11H2,(H,27,28). The number of ketones is 2. The Morgan fingerprint density at radius 3 is 2.48 bits per heavy atom. The minimum atomic E-state index is -1.83. The summed E-state index contributed by atoms with van der Waals surface area (Å²) in [5.74, 6) is -0.519. The molecule has 0 aromatic heterocycles. The van der Waals surface area contributed by atoms with Gasteiger partial charge in [-0.05, 0) is 43.0 Å². The number of fused-ring (bicyclic) bond motifs is 2. The number of hydrogen-bond acceptors (Lipinski definition) is 4. The molecular weight excluding hydrogens is 414 g/mol. The van der Waals surface area contributed by atoms with Gasteiger partial charge in [-0.2, -0.15) is 0 Å². The Labute approximate surface area is 175 Å². The molecular formula is C21H18ClNO5S. The average Bonchev–Trinajstić information content (AvgIpc) is 2.71. The van der Waals surface area contributed by atoms with Gasteiger partial charge in [0.15, 0.2) is 22.6 Å². The highest BCUT2D eigenvalue weighted by atomic mass is 35.5. The van der Waals surface area contributed by atoms with E-state index in [2.05, 4.69) is 0 Å². The highest BCUT2D eigenvalue weighted by Crippen LogP contribution is 2.32. The van der Waals surface area contributed by atoms with Crippen molar-refractivity contribution in [1.29, 1.82) is 0 Å². The van der Waals surface area contributed by atoms with E-state index in [4.69, 9.17) is 16.2 Å². The van der Waals surface area contributed by atoms with Gasteiger partial charge in [0, 0.05) is 35.3 Å². The number of rotatable bonds is 3. The van der Waals surface area contributed by atoms with Crippen LogP contribution in [0.2, 0.25) is 5.02 Å². The van der Waals surface area contributed by atoms with Crippen molar-refractivity contribution >= 4 is 40.2 Å². The van der Waals surface area contributed by atoms with Gasteiger partial charge >= 0.3 is 0 Å². The van der Waals surface area contributed by atoms with Crippen LogP contribution in [-0.2, 0) is 11.1 Å². The Morgan fingerprint density at radius 1 is 1.07 bits per heavy atom. The summed E-state index contributed by atoms with van der Waals surface area (Å²) in [5.41, 5.74) is 1.25. The number of benzene rings is 2. The molecule has 4 rings (SSSR count). The Kier molecular flexibility index (Phi) is 5.38. The normalized spacial score (nSPS) is 17.7. The van der Waals surface area contributed by atoms with E-state index in [1.54, 1.807) is 29.2 Å². The SMILES string of the molecule is O=C1c2cc(C(=O)N3CCC(CS(=O)O)CC3)ccc2C(=O)c2c(Cl)cccc21. The third kappa shape index (κ3) is 3.66. The van der Waals surface area contributed by atoms with E-state index in [1.807, 2.05) is 0 Å². The quantitative estimate of drug-likeness (QED) is 0.643. The molecule has 1 heterocycles. The first kappa shape index (κ1) is 19.9. The molecule has 0 saturated carbocycles. The zero-order chi connectivity index (χ0) is 20.7. The van der Waals surface area contributed by atoms with E-state index < -0.39 is 11.1 Å². The summed E-state index contributed by atoms with van der Waals surface area (Å²) in [7, 11) is 0. The number of carbonyl (C=O) groups is 3. The van der Waals surface area contributed by atoms with E-state index in [0.29, 0.717) is 31.5 Å². The van der Waals surface area contributed by atoms with Gasteiger partial charge in [-0.1, -0.05) is 23.7 Å². The van der Waals surface area contributed by atoms with Crippen LogP contribution in [-0.4, -0.2) is 50.0 Å². The van der Waals surface area contributed by atoms with E-state index >= 15 is 0 Å². The molecule has 1 atom stereocenters. The maximum atomic E-state index is 12.9. The second kappa shape index (κ2) is 7.82. The minimum Gasteiger partial charge on any atom is -0.339 e. The third-order valence-corrected chi connectivity index (χ3v) is 6.59. The Bertz CT molecular complexity index is 1060. The molecule has 29 heavy (non-hydrogen) atoms. The lowest BCUT2D eigenvalue weighted by Crippen LogP contribution is -2.39. The zero-order valence-corrected chi connectivity index (χ0v) is 17.0. The summed E-state index contributed by atoms with van der Waals surface area (Å²) in [5, 5.41) is 0.235. The number of piperidine rings is 1. The van der Waals surface area contributed by atoms with Crippen molar-refractivity contribution in [1.82, 2.24) is 4.90 Å². The summed E-state index contributed by atoms with van der Waals surface area (Å²) in [6.45, 7) is 0.978. The van der Waals surface area contributed by atoms with Crippen molar-refractivity contribution in [3.8, 4) is 0 Å². The smallest absolute Gasteiger partial charge is 0.253 e. The largest absolute Gasteiger partial charge is 0.339 e. The lowest BCUT2D eigenvalue weighted by molar-refractivity contribution is 0.0698. The van der Waals surface area contributed by atoms with E-state index in [-0.39, 0.29) is 56.4 Å². The Morgan fingerprint density at radius 2 is 1.79 bits per heavy atom. The molecule has 6 nitrogen and oxygen atoms in total. The molecule has 150 valence electrons. The molecule has 1 fully saturated rings. The molecule has 1 N–H and O–H groups in total. The van der Waals surface area contributed by atoms with Crippen LogP contribution in [0.5, 0.6) is 0 Å². The van der Waals surface area contributed by atoms with Crippen molar-refractivity contribution in [3.05, 3.63) is 69.2 Å². The van der Waals surface area contributed by atoms with Crippen LogP contribution in [0.25, 0.3) is 0 Å². The van der Waals surface area contributed by atoms with E-state index in [1.165, 1.54) is 12.1 Å². The number of likely N-dealkylation sites (tertiary alicyclic amines) is 1. The molecule has 2 aromatic rings. The van der Waals surface area contributed by atoms with Crippen molar-refractivity contribution in [2.24, 2.45) is 5.92 Å². The van der Waals surface area contributed by atoms with Crippen LogP contribution >= 0.6 is 11.6 Å². The fourth-order valence-electron chi connectivity index (χ4n) is 3.97. The topological polar surface area (TPSA) is 91.8 Å². The van der Waals surface area contributed by atoms with Crippen molar-refractivity contribution < 1.29 is 23.1 Å². The molecule has 1 amide bonds. The highest BCUT2D eigenvalue weighted by molar-refractivity contribution is 7.79. The lowest BCUT2D eigenvalue weighted by Gasteiger charge is -2.31. The van der Waals surface area contributed by atoms with Crippen molar-refractivity contribution in [2.75, 3.05) is 18.8 Å². The molecule has 8 heteroatoms. The second-order valence-electron chi connectivity index (χ2n) is 7.30. The van der Waals surface area contributed by atoms with Gasteiger partial charge in [-0.15, -0.1) is 0 Å². The average molecular weight is 432 g/mol. The van der Waals surface area contributed by atoms with Crippen LogP contribution in [0.15, 0.2) is 36.4 Å². The number of amides is 1. The fraction of sp³-hybridized carbons (Fsp3) is 0.286. The first-order chi connectivity index (χ1) is 13.9. The Balaban J connectivity index is 1.58. The van der Waals surface area contributed by atoms with Crippen LogP contribution in [0, 0.1) is 5.92 Å². The predicted molar refractivity (Wildman–Crippen MR) is 109 cm³/mol. The van der Waals surface area contributed by atoms with Gasteiger partial charge in [-0.25, -0.2) is 4.21 Å². The summed E-state index contributed by atoms with van der Waals surface area (Å²) < 4.78 is 20.0. The fourth-order valence-corrected chi connectivity index (χ4v) is 4.97. The highest BCUT2D eigenvalue weighted by Gasteiger charge is 2.32. The monoisotopic (exact) mass is 431 g/mol. The van der Waals surface area contributed by atoms with Crippen LogP contribution in [0.3, 0.4) is 0 Å². The predicted octanol–water partition coefficient (Wildman–Crippen LogP) is 3.19. The molecule has 0 spiro atoms. The Hall–Kier alpha value is -2.35. The molecule has 1 unspecified atom stereocenters. The van der Waals surface area contributed by atoms with Gasteiger partial charge in [0.25, 0.3) is 5.91 Å². The minimum absolute atomic E-state index is 0.119. The molecule has 1 aliphatic carbocycles. The molecule has 2 aliphatic rings. The third-order valence-electron chi connectivity index (χ3n) is 5.52.